The summed E-state index contributed by atoms with van der Waals surface area (Å²) < 4.78 is 5.41. The van der Waals surface area contributed by atoms with Gasteiger partial charge in [0.25, 0.3) is 0 Å². The standard InChI is InChI=1S/C13H26N2O2/c1-11(2)17-8-4-7-15-13(16)9-12-5-3-6-14-10-12/h11-12,14H,3-10H2,1-2H3,(H,15,16). The lowest BCUT2D eigenvalue weighted by Gasteiger charge is -2.22. The third-order valence-corrected chi connectivity index (χ3v) is 2.97. The summed E-state index contributed by atoms with van der Waals surface area (Å²) in [5, 5.41) is 6.29. The number of hydrogen-bond acceptors (Lipinski definition) is 3. The fourth-order valence-corrected chi connectivity index (χ4v) is 2.05. The second-order valence-corrected chi connectivity index (χ2v) is 5.04. The van der Waals surface area contributed by atoms with E-state index in [1.165, 1.54) is 12.8 Å². The highest BCUT2D eigenvalue weighted by Crippen LogP contribution is 2.13. The van der Waals surface area contributed by atoms with Crippen molar-refractivity contribution >= 4 is 5.91 Å². The zero-order chi connectivity index (χ0) is 12.5. The maximum Gasteiger partial charge on any atom is 0.220 e. The first-order valence-corrected chi connectivity index (χ1v) is 6.77. The first-order valence-electron chi connectivity index (χ1n) is 6.77. The van der Waals surface area contributed by atoms with Crippen molar-refractivity contribution < 1.29 is 9.53 Å². The van der Waals surface area contributed by atoms with E-state index in [0.717, 1.165) is 32.7 Å². The highest BCUT2D eigenvalue weighted by molar-refractivity contribution is 5.76. The Bertz CT molecular complexity index is 213. The van der Waals surface area contributed by atoms with E-state index in [-0.39, 0.29) is 12.0 Å². The molecule has 1 aliphatic heterocycles. The molecule has 1 amide bonds. The molecule has 1 fully saturated rings. The predicted molar refractivity (Wildman–Crippen MR) is 68.9 cm³/mol. The van der Waals surface area contributed by atoms with Crippen molar-refractivity contribution in [1.82, 2.24) is 10.6 Å². The second-order valence-electron chi connectivity index (χ2n) is 5.04. The van der Waals surface area contributed by atoms with Crippen molar-refractivity contribution in [1.29, 1.82) is 0 Å². The monoisotopic (exact) mass is 242 g/mol. The van der Waals surface area contributed by atoms with Gasteiger partial charge in [-0.25, -0.2) is 0 Å². The van der Waals surface area contributed by atoms with Crippen molar-refractivity contribution in [3.63, 3.8) is 0 Å². The van der Waals surface area contributed by atoms with Gasteiger partial charge in [-0.1, -0.05) is 0 Å². The fraction of sp³-hybridized carbons (Fsp3) is 0.923. The fourth-order valence-electron chi connectivity index (χ4n) is 2.05. The molecule has 0 aliphatic carbocycles. The topological polar surface area (TPSA) is 50.4 Å². The predicted octanol–water partition coefficient (Wildman–Crippen LogP) is 1.31. The molecule has 0 aromatic rings. The first-order chi connectivity index (χ1) is 8.18. The first kappa shape index (κ1) is 14.5. The Morgan fingerprint density at radius 3 is 3.00 bits per heavy atom. The summed E-state index contributed by atoms with van der Waals surface area (Å²) in [6.45, 7) is 7.59. The molecule has 100 valence electrons. The van der Waals surface area contributed by atoms with E-state index in [1.54, 1.807) is 0 Å². The zero-order valence-electron chi connectivity index (χ0n) is 11.1. The molecule has 17 heavy (non-hydrogen) atoms. The van der Waals surface area contributed by atoms with Crippen LogP contribution >= 0.6 is 0 Å². The summed E-state index contributed by atoms with van der Waals surface area (Å²) >= 11 is 0. The summed E-state index contributed by atoms with van der Waals surface area (Å²) in [4.78, 5) is 11.6. The van der Waals surface area contributed by atoms with E-state index < -0.39 is 0 Å². The summed E-state index contributed by atoms with van der Waals surface area (Å²) in [6, 6.07) is 0. The lowest BCUT2D eigenvalue weighted by Crippen LogP contribution is -2.34. The molecule has 0 saturated carbocycles. The minimum atomic E-state index is 0.184. The number of rotatable bonds is 7. The van der Waals surface area contributed by atoms with Gasteiger partial charge in [-0.15, -0.1) is 0 Å². The van der Waals surface area contributed by atoms with Crippen LogP contribution in [-0.4, -0.2) is 38.3 Å². The van der Waals surface area contributed by atoms with Crippen LogP contribution < -0.4 is 10.6 Å². The summed E-state index contributed by atoms with van der Waals surface area (Å²) in [5.41, 5.74) is 0. The molecule has 1 rings (SSSR count). The summed E-state index contributed by atoms with van der Waals surface area (Å²) in [6.07, 6.45) is 4.21. The number of ether oxygens (including phenoxy) is 1. The molecular formula is C13H26N2O2. The average Bonchev–Trinajstić information content (AvgIpc) is 2.29. The molecule has 1 heterocycles. The number of hydrogen-bond donors (Lipinski definition) is 2. The van der Waals surface area contributed by atoms with E-state index in [4.69, 9.17) is 4.74 Å². The van der Waals surface area contributed by atoms with Crippen molar-refractivity contribution in [2.75, 3.05) is 26.2 Å². The number of carbonyl (C=O) groups excluding carboxylic acids is 1. The summed E-state index contributed by atoms with van der Waals surface area (Å²) in [7, 11) is 0. The van der Waals surface area contributed by atoms with Crippen molar-refractivity contribution in [3.8, 4) is 0 Å². The number of amides is 1. The van der Waals surface area contributed by atoms with Gasteiger partial charge >= 0.3 is 0 Å². The van der Waals surface area contributed by atoms with E-state index in [0.29, 0.717) is 12.3 Å². The second kappa shape index (κ2) is 8.48. The van der Waals surface area contributed by atoms with Crippen molar-refractivity contribution in [2.45, 2.75) is 45.6 Å². The molecule has 4 nitrogen and oxygen atoms in total. The Balaban J connectivity index is 1.97. The molecule has 1 atom stereocenters. The molecular weight excluding hydrogens is 216 g/mol. The normalized spacial score (nSPS) is 20.5. The molecule has 4 heteroatoms. The highest BCUT2D eigenvalue weighted by atomic mass is 16.5. The lowest BCUT2D eigenvalue weighted by molar-refractivity contribution is -0.122. The molecule has 1 unspecified atom stereocenters. The number of piperidine rings is 1. The molecule has 0 aromatic carbocycles. The van der Waals surface area contributed by atoms with E-state index in [2.05, 4.69) is 10.6 Å². The minimum absolute atomic E-state index is 0.184. The van der Waals surface area contributed by atoms with Gasteiger partial charge in [0.05, 0.1) is 6.10 Å². The van der Waals surface area contributed by atoms with Gasteiger partial charge in [0, 0.05) is 19.6 Å². The Morgan fingerprint density at radius 2 is 2.35 bits per heavy atom. The number of nitrogens with one attached hydrogen (secondary N) is 2. The van der Waals surface area contributed by atoms with Crippen LogP contribution in [0, 0.1) is 5.92 Å². The van der Waals surface area contributed by atoms with Crippen LogP contribution in [0.4, 0.5) is 0 Å². The van der Waals surface area contributed by atoms with Crippen LogP contribution in [0.25, 0.3) is 0 Å². The Morgan fingerprint density at radius 1 is 1.53 bits per heavy atom. The van der Waals surface area contributed by atoms with E-state index in [9.17, 15) is 4.79 Å². The Labute approximate surface area is 104 Å². The van der Waals surface area contributed by atoms with Gasteiger partial charge in [0.15, 0.2) is 0 Å². The molecule has 1 aliphatic rings. The van der Waals surface area contributed by atoms with Crippen LogP contribution in [0.5, 0.6) is 0 Å². The Kier molecular flexibility index (Phi) is 7.21. The van der Waals surface area contributed by atoms with Crippen LogP contribution in [0.1, 0.15) is 39.5 Å². The van der Waals surface area contributed by atoms with Crippen LogP contribution in [0.2, 0.25) is 0 Å². The molecule has 2 N–H and O–H groups in total. The summed E-state index contributed by atoms with van der Waals surface area (Å²) in [5.74, 6) is 0.707. The maximum absolute atomic E-state index is 11.6. The minimum Gasteiger partial charge on any atom is -0.379 e. The quantitative estimate of drug-likeness (QED) is 0.662. The highest BCUT2D eigenvalue weighted by Gasteiger charge is 2.16. The van der Waals surface area contributed by atoms with Gasteiger partial charge in [0.2, 0.25) is 5.91 Å². The van der Waals surface area contributed by atoms with Gasteiger partial charge in [-0.3, -0.25) is 4.79 Å². The lowest BCUT2D eigenvalue weighted by atomic mass is 9.96. The van der Waals surface area contributed by atoms with Crippen molar-refractivity contribution in [2.24, 2.45) is 5.92 Å². The smallest absolute Gasteiger partial charge is 0.220 e. The van der Waals surface area contributed by atoms with Gasteiger partial charge in [-0.2, -0.15) is 0 Å². The Hall–Kier alpha value is -0.610. The van der Waals surface area contributed by atoms with E-state index >= 15 is 0 Å². The van der Waals surface area contributed by atoms with Crippen LogP contribution in [0.15, 0.2) is 0 Å². The largest absolute Gasteiger partial charge is 0.379 e. The average molecular weight is 242 g/mol. The number of carbonyl (C=O) groups is 1. The van der Waals surface area contributed by atoms with Gasteiger partial charge < -0.3 is 15.4 Å². The molecule has 0 bridgehead atoms. The molecule has 0 radical (unpaired) electrons. The third kappa shape index (κ3) is 7.34. The molecule has 0 spiro atoms. The molecule has 1 saturated heterocycles. The van der Waals surface area contributed by atoms with Crippen LogP contribution in [0.3, 0.4) is 0 Å². The van der Waals surface area contributed by atoms with Gasteiger partial charge in [0.1, 0.15) is 0 Å². The van der Waals surface area contributed by atoms with Gasteiger partial charge in [-0.05, 0) is 52.1 Å². The maximum atomic E-state index is 11.6. The zero-order valence-corrected chi connectivity index (χ0v) is 11.1. The van der Waals surface area contributed by atoms with Crippen molar-refractivity contribution in [3.05, 3.63) is 0 Å². The van der Waals surface area contributed by atoms with E-state index in [1.807, 2.05) is 13.8 Å². The third-order valence-electron chi connectivity index (χ3n) is 2.97. The van der Waals surface area contributed by atoms with Crippen LogP contribution in [-0.2, 0) is 9.53 Å². The SMILES string of the molecule is CC(C)OCCCNC(=O)CC1CCCNC1. The molecule has 0 aromatic heterocycles.